The lowest BCUT2D eigenvalue weighted by molar-refractivity contribution is -0.384. The molecular formula is C40H68N2O30. The number of hydrogen-bond acceptors (Lipinski definition) is 30. The second kappa shape index (κ2) is 25.3. The molecular weight excluding hydrogens is 988 g/mol. The number of carbonyl (C=O) groups is 2. The number of aliphatic hydroxyl groups excluding tert-OH is 17. The zero-order valence-electron chi connectivity index (χ0n) is 38.8. The highest BCUT2D eigenvalue weighted by Crippen LogP contribution is 2.36. The molecule has 0 spiro atoms. The quantitative estimate of drug-likeness (QED) is 0.0643. The molecule has 19 N–H and O–H groups in total. The fourth-order valence-corrected chi connectivity index (χ4v) is 9.06. The van der Waals surface area contributed by atoms with Gasteiger partial charge in [0.1, 0.15) is 140 Å². The van der Waals surface area contributed by atoms with Crippen LogP contribution in [0.4, 0.5) is 0 Å². The van der Waals surface area contributed by atoms with Gasteiger partial charge < -0.3 is 150 Å². The molecule has 6 saturated heterocycles. The van der Waals surface area contributed by atoms with Crippen molar-refractivity contribution in [1.29, 1.82) is 0 Å². The molecule has 6 heterocycles. The molecule has 0 radical (unpaired) electrons. The van der Waals surface area contributed by atoms with Crippen LogP contribution in [0.1, 0.15) is 20.8 Å². The van der Waals surface area contributed by atoms with Gasteiger partial charge in [-0.05, 0) is 6.92 Å². The maximum absolute atomic E-state index is 12.7. The van der Waals surface area contributed by atoms with Gasteiger partial charge in [-0.1, -0.05) is 0 Å². The molecule has 0 aromatic carbocycles. The molecule has 6 aliphatic heterocycles. The van der Waals surface area contributed by atoms with E-state index in [0.717, 1.165) is 13.8 Å². The molecule has 0 aromatic rings. The van der Waals surface area contributed by atoms with E-state index in [4.69, 9.17) is 52.1 Å². The van der Waals surface area contributed by atoms with Crippen molar-refractivity contribution < 1.29 is 149 Å². The first-order valence-corrected chi connectivity index (χ1v) is 23.0. The first-order valence-electron chi connectivity index (χ1n) is 23.0. The van der Waals surface area contributed by atoms with Crippen LogP contribution in [0.15, 0.2) is 0 Å². The molecule has 0 aromatic heterocycles. The summed E-state index contributed by atoms with van der Waals surface area (Å²) in [5.41, 5.74) is 0. The molecule has 32 nitrogen and oxygen atoms in total. The molecule has 6 rings (SSSR count). The molecule has 6 aliphatic rings. The van der Waals surface area contributed by atoms with Crippen molar-refractivity contribution in [2.75, 3.05) is 33.0 Å². The number of ether oxygens (including phenoxy) is 11. The topological polar surface area (TPSA) is 504 Å². The standard InChI is InChI=1S/C40H68N2O30/c1-9-19(48)25(54)28(57)37(64-9)63-8-16-33(23(52)17(35(61)65-16)41-10(2)46)70-36-18(42-11(3)47)24(53)32(14(6-45)68-36)71-40-31(60)34(72-39-30(59)27(56)21(50)13(5-44)67-39)22(51)15(69-40)7-62-38-29(58)26(55)20(49)12(4-43)66-38/h9,12-40,43-45,48-61H,4-8H2,1-3H3,(H,41,46)(H,42,47)/t9-,12+,13+,14+,15+,16+,17+,18+,19+,20+,21+,22+,23+,24+,25+,26-,27-,28-,29-,30-,31-,32+,33+,34-,35+,36-,37+,38-,39+,40-/m0/s1. The van der Waals surface area contributed by atoms with E-state index in [1.807, 2.05) is 0 Å². The Balaban J connectivity index is 1.26. The maximum atomic E-state index is 12.7. The highest BCUT2D eigenvalue weighted by atomic mass is 16.8. The Morgan fingerprint density at radius 2 is 0.792 bits per heavy atom. The summed E-state index contributed by atoms with van der Waals surface area (Å²) in [6, 6.07) is -3.40. The van der Waals surface area contributed by atoms with E-state index in [9.17, 15) is 96.4 Å². The van der Waals surface area contributed by atoms with E-state index in [2.05, 4.69) is 10.6 Å². The molecule has 0 aliphatic carbocycles. The predicted octanol–water partition coefficient (Wildman–Crippen LogP) is -12.8. The van der Waals surface area contributed by atoms with Crippen molar-refractivity contribution in [2.45, 2.75) is 205 Å². The van der Waals surface area contributed by atoms with Crippen molar-refractivity contribution in [2.24, 2.45) is 0 Å². The van der Waals surface area contributed by atoms with Gasteiger partial charge in [-0.25, -0.2) is 0 Å². The molecule has 72 heavy (non-hydrogen) atoms. The van der Waals surface area contributed by atoms with E-state index in [0.29, 0.717) is 0 Å². The molecule has 0 saturated carbocycles. The van der Waals surface area contributed by atoms with Gasteiger partial charge in [0.25, 0.3) is 0 Å². The third-order valence-electron chi connectivity index (χ3n) is 13.2. The van der Waals surface area contributed by atoms with Gasteiger partial charge in [0.15, 0.2) is 37.7 Å². The van der Waals surface area contributed by atoms with Crippen molar-refractivity contribution in [3.05, 3.63) is 0 Å². The summed E-state index contributed by atoms with van der Waals surface area (Å²) in [7, 11) is 0. The summed E-state index contributed by atoms with van der Waals surface area (Å²) in [6.07, 6.45) is -51.4. The molecule has 6 fully saturated rings. The summed E-state index contributed by atoms with van der Waals surface area (Å²) >= 11 is 0. The van der Waals surface area contributed by atoms with Crippen molar-refractivity contribution in [3.8, 4) is 0 Å². The second-order valence-corrected chi connectivity index (χ2v) is 18.3. The minimum Gasteiger partial charge on any atom is -0.394 e. The summed E-state index contributed by atoms with van der Waals surface area (Å²) in [5.74, 6) is -1.60. The van der Waals surface area contributed by atoms with Crippen LogP contribution in [0, 0.1) is 0 Å². The number of carbonyl (C=O) groups excluding carboxylic acids is 2. The Morgan fingerprint density at radius 1 is 0.389 bits per heavy atom. The van der Waals surface area contributed by atoms with Crippen LogP contribution in [-0.4, -0.2) is 316 Å². The van der Waals surface area contributed by atoms with Gasteiger partial charge in [-0.3, -0.25) is 9.59 Å². The fraction of sp³-hybridized carbons (Fsp3) is 0.950. The zero-order chi connectivity index (χ0) is 53.2. The molecule has 418 valence electrons. The number of amides is 2. The summed E-state index contributed by atoms with van der Waals surface area (Å²) in [6.45, 7) is -1.00. The third kappa shape index (κ3) is 12.8. The van der Waals surface area contributed by atoms with Gasteiger partial charge in [-0.15, -0.1) is 0 Å². The van der Waals surface area contributed by atoms with Gasteiger partial charge in [0.2, 0.25) is 11.8 Å². The van der Waals surface area contributed by atoms with Crippen LogP contribution in [0.5, 0.6) is 0 Å². The number of rotatable bonds is 17. The highest BCUT2D eigenvalue weighted by molar-refractivity contribution is 5.73. The molecule has 0 unspecified atom stereocenters. The number of hydrogen-bond donors (Lipinski definition) is 19. The van der Waals surface area contributed by atoms with Crippen LogP contribution >= 0.6 is 0 Å². The zero-order valence-corrected chi connectivity index (χ0v) is 38.8. The largest absolute Gasteiger partial charge is 0.394 e. The molecule has 32 heteroatoms. The number of nitrogens with one attached hydrogen (secondary N) is 2. The van der Waals surface area contributed by atoms with Crippen LogP contribution in [0.3, 0.4) is 0 Å². The van der Waals surface area contributed by atoms with Gasteiger partial charge >= 0.3 is 0 Å². The smallest absolute Gasteiger partial charge is 0.217 e. The highest BCUT2D eigenvalue weighted by Gasteiger charge is 2.57. The van der Waals surface area contributed by atoms with Gasteiger partial charge in [0, 0.05) is 13.8 Å². The van der Waals surface area contributed by atoms with E-state index < -0.39 is 229 Å². The minimum atomic E-state index is -2.23. The lowest BCUT2D eigenvalue weighted by Crippen LogP contribution is -2.70. The van der Waals surface area contributed by atoms with Crippen LogP contribution in [0.2, 0.25) is 0 Å². The average Bonchev–Trinajstić information content (AvgIpc) is 3.34. The van der Waals surface area contributed by atoms with E-state index in [-0.39, 0.29) is 0 Å². The van der Waals surface area contributed by atoms with E-state index in [1.54, 1.807) is 0 Å². The van der Waals surface area contributed by atoms with E-state index in [1.165, 1.54) is 6.92 Å². The molecule has 30 atom stereocenters. The van der Waals surface area contributed by atoms with Gasteiger partial charge in [0.05, 0.1) is 39.1 Å². The molecule has 2 amide bonds. The molecule has 0 bridgehead atoms. The number of aliphatic hydroxyl groups is 17. The first-order chi connectivity index (χ1) is 33.9. The lowest BCUT2D eigenvalue weighted by atomic mass is 9.94. The Labute approximate surface area is 408 Å². The Bertz CT molecular complexity index is 1730. The van der Waals surface area contributed by atoms with Crippen molar-refractivity contribution >= 4 is 11.8 Å². The Morgan fingerprint density at radius 3 is 1.35 bits per heavy atom. The minimum absolute atomic E-state index is 0.728. The van der Waals surface area contributed by atoms with Gasteiger partial charge in [-0.2, -0.15) is 0 Å². The predicted molar refractivity (Wildman–Crippen MR) is 221 cm³/mol. The summed E-state index contributed by atoms with van der Waals surface area (Å²) in [5, 5.41) is 186. The SMILES string of the molecule is CC(=O)N[C@@H]1[C@@H](O)[C@H](O[C@@H]2O[C@H](CO)[C@@H](O[C@@H]3O[C@H](CO[C@H]4O[C@H](CO)[C@@H](O)[C@H](O)[C@@H]4O)[C@@H](O)[C@H](O[C@H]4O[C@H](CO)[C@@H](O)[C@H](O)[C@@H]4O)[C@@H]3O)[C@H](O)[C@H]2NC(C)=O)[C@@H](CO[C@@H]2O[C@@H](C)[C@@H](O)[C@@H](O)[C@@H]2O)O[C@H]1O. The Kier molecular flexibility index (Phi) is 20.8. The monoisotopic (exact) mass is 1060 g/mol. The van der Waals surface area contributed by atoms with E-state index >= 15 is 0 Å². The third-order valence-corrected chi connectivity index (χ3v) is 13.2. The second-order valence-electron chi connectivity index (χ2n) is 18.3. The fourth-order valence-electron chi connectivity index (χ4n) is 9.06. The first kappa shape index (κ1) is 59.1. The normalized spacial score (nSPS) is 50.3. The van der Waals surface area contributed by atoms with Crippen molar-refractivity contribution in [1.82, 2.24) is 10.6 Å². The lowest BCUT2D eigenvalue weighted by Gasteiger charge is -2.50. The van der Waals surface area contributed by atoms with Crippen LogP contribution in [-0.2, 0) is 61.7 Å². The van der Waals surface area contributed by atoms with Crippen LogP contribution in [0.25, 0.3) is 0 Å². The summed E-state index contributed by atoms with van der Waals surface area (Å²) in [4.78, 5) is 24.8. The van der Waals surface area contributed by atoms with Crippen molar-refractivity contribution in [3.63, 3.8) is 0 Å². The average molecular weight is 1060 g/mol. The van der Waals surface area contributed by atoms with Crippen LogP contribution < -0.4 is 10.6 Å². The maximum Gasteiger partial charge on any atom is 0.217 e. The Hall–Kier alpha value is -2.18. The summed E-state index contributed by atoms with van der Waals surface area (Å²) < 4.78 is 62.8.